The molecule has 0 spiro atoms. The highest BCUT2D eigenvalue weighted by atomic mass is 127. The van der Waals surface area contributed by atoms with Crippen LogP contribution in [0.5, 0.6) is 0 Å². The van der Waals surface area contributed by atoms with Gasteiger partial charge in [-0.05, 0) is 29.5 Å². The number of rotatable bonds is 4. The second-order valence-electron chi connectivity index (χ2n) is 2.89. The van der Waals surface area contributed by atoms with E-state index in [0.29, 0.717) is 22.6 Å². The first-order valence-corrected chi connectivity index (χ1v) is 4.32. The summed E-state index contributed by atoms with van der Waals surface area (Å²) in [6, 6.07) is 0. The minimum atomic E-state index is -4.04. The number of alkyl halides is 7. The van der Waals surface area contributed by atoms with Crippen LogP contribution in [0.3, 0.4) is 0 Å². The first kappa shape index (κ1) is 13.3. The molecule has 0 aliphatic carbocycles. The quantitative estimate of drug-likeness (QED) is 0.416. The highest BCUT2D eigenvalue weighted by Gasteiger charge is 2.46. The van der Waals surface area contributed by atoms with Gasteiger partial charge >= 0.3 is 3.93 Å². The lowest BCUT2D eigenvalue weighted by molar-refractivity contribution is -0.126. The Morgan fingerprint density at radius 2 is 1.31 bits per heavy atom. The Bertz CT molecular complexity index is 149. The second kappa shape index (κ2) is 3.82. The maximum Gasteiger partial charge on any atom is 0.302 e. The van der Waals surface area contributed by atoms with Crippen LogP contribution < -0.4 is 0 Å². The molecule has 0 aromatic heterocycles. The van der Waals surface area contributed by atoms with E-state index in [1.54, 1.807) is 0 Å². The Hall–Kier alpha value is 0.310. The third kappa shape index (κ3) is 8.63. The van der Waals surface area contributed by atoms with Crippen LogP contribution in [0.25, 0.3) is 0 Å². The molecule has 0 unspecified atom stereocenters. The van der Waals surface area contributed by atoms with Gasteiger partial charge in [-0.3, -0.25) is 0 Å². The molecular formula is C6H7F6I. The van der Waals surface area contributed by atoms with Crippen LogP contribution >= 0.6 is 22.6 Å². The van der Waals surface area contributed by atoms with Crippen LogP contribution in [0.15, 0.2) is 0 Å². The minimum Gasteiger partial charge on any atom is -0.207 e. The van der Waals surface area contributed by atoms with E-state index in [1.807, 2.05) is 0 Å². The Balaban J connectivity index is 4.25. The maximum atomic E-state index is 12.5. The minimum absolute atomic E-state index is 0.270. The highest BCUT2D eigenvalue weighted by Crippen LogP contribution is 2.40. The van der Waals surface area contributed by atoms with Gasteiger partial charge in [-0.25, -0.2) is 17.6 Å². The summed E-state index contributed by atoms with van der Waals surface area (Å²) in [5.74, 6) is -7.67. The summed E-state index contributed by atoms with van der Waals surface area (Å²) in [6.45, 7) is 0.270. The first-order valence-electron chi connectivity index (χ1n) is 3.24. The fourth-order valence-electron chi connectivity index (χ4n) is 0.810. The van der Waals surface area contributed by atoms with E-state index in [9.17, 15) is 26.3 Å². The van der Waals surface area contributed by atoms with Gasteiger partial charge in [0.25, 0.3) is 11.8 Å². The van der Waals surface area contributed by atoms with Crippen LogP contribution in [0.2, 0.25) is 0 Å². The summed E-state index contributed by atoms with van der Waals surface area (Å²) in [5.41, 5.74) is 0. The van der Waals surface area contributed by atoms with E-state index in [-0.39, 0.29) is 6.92 Å². The summed E-state index contributed by atoms with van der Waals surface area (Å²) in [5, 5.41) is 0. The molecule has 0 atom stereocenters. The molecular weight excluding hydrogens is 313 g/mol. The molecule has 0 rings (SSSR count). The molecule has 0 radical (unpaired) electrons. The first-order chi connectivity index (χ1) is 5.41. The van der Waals surface area contributed by atoms with Crippen molar-refractivity contribution in [1.29, 1.82) is 0 Å². The van der Waals surface area contributed by atoms with Crippen molar-refractivity contribution in [2.24, 2.45) is 0 Å². The van der Waals surface area contributed by atoms with Gasteiger partial charge in [-0.1, -0.05) is 0 Å². The molecule has 0 amide bonds. The van der Waals surface area contributed by atoms with E-state index in [0.717, 1.165) is 0 Å². The molecule has 0 aliphatic heterocycles. The van der Waals surface area contributed by atoms with Crippen molar-refractivity contribution in [3.05, 3.63) is 0 Å². The van der Waals surface area contributed by atoms with E-state index >= 15 is 0 Å². The van der Waals surface area contributed by atoms with Crippen LogP contribution in [-0.2, 0) is 0 Å². The Kier molecular flexibility index (Phi) is 3.91. The van der Waals surface area contributed by atoms with Gasteiger partial charge in [0.05, 0.1) is 12.8 Å². The average molecular weight is 320 g/mol. The molecule has 0 fully saturated rings. The summed E-state index contributed by atoms with van der Waals surface area (Å²) < 4.78 is 69.5. The van der Waals surface area contributed by atoms with Gasteiger partial charge in [0.1, 0.15) is 0 Å². The van der Waals surface area contributed by atoms with Gasteiger partial charge in [-0.2, -0.15) is 8.78 Å². The van der Waals surface area contributed by atoms with Crippen molar-refractivity contribution >= 4 is 22.6 Å². The fourth-order valence-corrected chi connectivity index (χ4v) is 1.37. The predicted molar refractivity (Wildman–Crippen MR) is 43.8 cm³/mol. The molecule has 0 N–H and O–H groups in total. The largest absolute Gasteiger partial charge is 0.302 e. The molecule has 13 heavy (non-hydrogen) atoms. The van der Waals surface area contributed by atoms with E-state index in [1.165, 1.54) is 0 Å². The molecule has 0 aliphatic rings. The fraction of sp³-hybridized carbons (Fsp3) is 1.00. The van der Waals surface area contributed by atoms with Crippen LogP contribution in [0.1, 0.15) is 19.8 Å². The van der Waals surface area contributed by atoms with Crippen LogP contribution in [0, 0.1) is 0 Å². The van der Waals surface area contributed by atoms with Crippen molar-refractivity contribution in [3.8, 4) is 0 Å². The summed E-state index contributed by atoms with van der Waals surface area (Å²) in [7, 11) is 0. The van der Waals surface area contributed by atoms with Crippen molar-refractivity contribution < 1.29 is 26.3 Å². The van der Waals surface area contributed by atoms with Gasteiger partial charge < -0.3 is 0 Å². The third-order valence-electron chi connectivity index (χ3n) is 1.03. The number of halogens is 7. The standard InChI is InChI=1S/C6H7F6I/c1-4(7,8)2-5(9,10)3-6(11,12)13/h2-3H2,1H3. The maximum absolute atomic E-state index is 12.5. The average Bonchev–Trinajstić information content (AvgIpc) is 1.43. The third-order valence-corrected chi connectivity index (χ3v) is 1.41. The molecule has 0 saturated heterocycles. The highest BCUT2D eigenvalue weighted by molar-refractivity contribution is 14.1. The summed E-state index contributed by atoms with van der Waals surface area (Å²) in [6.07, 6.45) is -3.71. The SMILES string of the molecule is CC(F)(F)CC(F)(F)CC(F)(F)I. The van der Waals surface area contributed by atoms with Gasteiger partial charge in [0, 0.05) is 0 Å². The zero-order valence-electron chi connectivity index (χ0n) is 6.56. The zero-order chi connectivity index (χ0) is 10.9. The molecule has 0 aromatic rings. The van der Waals surface area contributed by atoms with Crippen LogP contribution in [0.4, 0.5) is 26.3 Å². The smallest absolute Gasteiger partial charge is 0.207 e. The van der Waals surface area contributed by atoms with Crippen molar-refractivity contribution in [2.45, 2.75) is 35.5 Å². The van der Waals surface area contributed by atoms with E-state index in [2.05, 4.69) is 0 Å². The summed E-state index contributed by atoms with van der Waals surface area (Å²) >= 11 is 0.495. The normalized spacial score (nSPS) is 14.8. The monoisotopic (exact) mass is 320 g/mol. The molecule has 0 nitrogen and oxygen atoms in total. The molecule has 0 heterocycles. The van der Waals surface area contributed by atoms with E-state index < -0.39 is 28.6 Å². The molecule has 7 heteroatoms. The van der Waals surface area contributed by atoms with Gasteiger partial charge in [0.2, 0.25) is 0 Å². The van der Waals surface area contributed by atoms with Gasteiger partial charge in [0.15, 0.2) is 0 Å². The zero-order valence-corrected chi connectivity index (χ0v) is 8.72. The summed E-state index contributed by atoms with van der Waals surface area (Å²) in [4.78, 5) is 0. The molecule has 0 bridgehead atoms. The lowest BCUT2D eigenvalue weighted by Gasteiger charge is -2.22. The molecule has 0 aromatic carbocycles. The predicted octanol–water partition coefficient (Wildman–Crippen LogP) is 4.08. The van der Waals surface area contributed by atoms with Crippen molar-refractivity contribution in [2.75, 3.05) is 0 Å². The molecule has 0 saturated carbocycles. The van der Waals surface area contributed by atoms with Crippen molar-refractivity contribution in [3.63, 3.8) is 0 Å². The second-order valence-corrected chi connectivity index (χ2v) is 4.47. The Morgan fingerprint density at radius 3 is 1.54 bits per heavy atom. The Morgan fingerprint density at radius 1 is 0.923 bits per heavy atom. The number of hydrogen-bond acceptors (Lipinski definition) is 0. The topological polar surface area (TPSA) is 0 Å². The lowest BCUT2D eigenvalue weighted by atomic mass is 10.1. The van der Waals surface area contributed by atoms with Crippen LogP contribution in [-0.4, -0.2) is 15.8 Å². The Labute approximate surface area is 84.8 Å². The number of hydrogen-bond donors (Lipinski definition) is 0. The van der Waals surface area contributed by atoms with E-state index in [4.69, 9.17) is 0 Å². The lowest BCUT2D eigenvalue weighted by Crippen LogP contribution is -2.31. The van der Waals surface area contributed by atoms with Gasteiger partial charge in [-0.15, -0.1) is 0 Å². The molecule has 80 valence electrons. The van der Waals surface area contributed by atoms with Crippen molar-refractivity contribution in [1.82, 2.24) is 0 Å².